The van der Waals surface area contributed by atoms with E-state index in [4.69, 9.17) is 9.52 Å². The number of nitrogens with one attached hydrogen (secondary N) is 1. The molecule has 3 nitrogen and oxygen atoms in total. The van der Waals surface area contributed by atoms with Crippen LogP contribution in [0.5, 0.6) is 0 Å². The lowest BCUT2D eigenvalue weighted by molar-refractivity contribution is 0.242. The predicted octanol–water partition coefficient (Wildman–Crippen LogP) is 2.93. The number of furan rings is 1. The fourth-order valence-corrected chi connectivity index (χ4v) is 3.61. The summed E-state index contributed by atoms with van der Waals surface area (Å²) in [6, 6.07) is 3.77. The van der Waals surface area contributed by atoms with Crippen LogP contribution in [0.1, 0.15) is 43.6 Å². The Bertz CT molecular complexity index is 358. The van der Waals surface area contributed by atoms with Gasteiger partial charge in [-0.25, -0.2) is 0 Å². The normalized spacial score (nSPS) is 19.0. The second-order valence-corrected chi connectivity index (χ2v) is 6.35. The van der Waals surface area contributed by atoms with Crippen molar-refractivity contribution < 1.29 is 9.52 Å². The van der Waals surface area contributed by atoms with Gasteiger partial charge in [0.05, 0.1) is 6.54 Å². The Morgan fingerprint density at radius 3 is 2.61 bits per heavy atom. The fourth-order valence-electron chi connectivity index (χ4n) is 2.66. The lowest BCUT2D eigenvalue weighted by Gasteiger charge is -2.35. The highest BCUT2D eigenvalue weighted by Gasteiger charge is 2.30. The van der Waals surface area contributed by atoms with E-state index in [1.54, 1.807) is 0 Å². The molecule has 4 heteroatoms. The van der Waals surface area contributed by atoms with E-state index in [1.165, 1.54) is 32.1 Å². The monoisotopic (exact) mass is 269 g/mol. The van der Waals surface area contributed by atoms with Crippen molar-refractivity contribution in [1.29, 1.82) is 0 Å². The summed E-state index contributed by atoms with van der Waals surface area (Å²) in [5.74, 6) is 1.55. The van der Waals surface area contributed by atoms with Crippen molar-refractivity contribution in [2.75, 3.05) is 12.8 Å². The Morgan fingerprint density at radius 2 is 2.00 bits per heavy atom. The zero-order chi connectivity index (χ0) is 12.8. The number of thioether (sulfide) groups is 1. The molecule has 1 aliphatic carbocycles. The molecule has 0 aliphatic heterocycles. The molecular weight excluding hydrogens is 246 g/mol. The highest BCUT2D eigenvalue weighted by atomic mass is 32.2. The minimum atomic E-state index is -0.0191. The van der Waals surface area contributed by atoms with Crippen LogP contribution in [0.3, 0.4) is 0 Å². The smallest absolute Gasteiger partial charge is 0.129 e. The Balaban J connectivity index is 1.79. The number of aliphatic hydroxyl groups excluding tert-OH is 1. The molecule has 1 aliphatic rings. The first-order valence-corrected chi connectivity index (χ1v) is 7.95. The SMILES string of the molecule is CSC1(CNCc2ccc(CO)o2)CCCCC1. The molecule has 2 N–H and O–H groups in total. The van der Waals surface area contributed by atoms with Gasteiger partial charge in [0.25, 0.3) is 0 Å². The third-order valence-corrected chi connectivity index (χ3v) is 5.24. The molecule has 1 saturated carbocycles. The molecule has 1 heterocycles. The van der Waals surface area contributed by atoms with Crippen molar-refractivity contribution in [3.63, 3.8) is 0 Å². The predicted molar refractivity (Wildman–Crippen MR) is 75.7 cm³/mol. The summed E-state index contributed by atoms with van der Waals surface area (Å²) in [5, 5.41) is 12.4. The van der Waals surface area contributed by atoms with Gasteiger partial charge in [0.1, 0.15) is 18.1 Å². The molecule has 2 rings (SSSR count). The zero-order valence-corrected chi connectivity index (χ0v) is 11.9. The summed E-state index contributed by atoms with van der Waals surface area (Å²) in [6.45, 7) is 1.78. The Kier molecular flexibility index (Phi) is 5.15. The van der Waals surface area contributed by atoms with Crippen LogP contribution in [0.15, 0.2) is 16.5 Å². The molecule has 18 heavy (non-hydrogen) atoms. The number of aliphatic hydroxyl groups is 1. The first-order valence-electron chi connectivity index (χ1n) is 6.72. The third-order valence-electron chi connectivity index (χ3n) is 3.82. The molecule has 0 amide bonds. The second-order valence-electron chi connectivity index (χ2n) is 5.08. The van der Waals surface area contributed by atoms with Crippen LogP contribution in [0, 0.1) is 0 Å². The van der Waals surface area contributed by atoms with Crippen LogP contribution < -0.4 is 5.32 Å². The summed E-state index contributed by atoms with van der Waals surface area (Å²) < 4.78 is 5.89. The van der Waals surface area contributed by atoms with E-state index in [0.29, 0.717) is 10.5 Å². The molecule has 0 bridgehead atoms. The van der Waals surface area contributed by atoms with Crippen molar-refractivity contribution in [3.8, 4) is 0 Å². The van der Waals surface area contributed by atoms with Gasteiger partial charge in [-0.1, -0.05) is 19.3 Å². The van der Waals surface area contributed by atoms with Crippen LogP contribution in [-0.2, 0) is 13.2 Å². The van der Waals surface area contributed by atoms with E-state index >= 15 is 0 Å². The van der Waals surface area contributed by atoms with Gasteiger partial charge < -0.3 is 14.8 Å². The number of rotatable bonds is 6. The van der Waals surface area contributed by atoms with Crippen LogP contribution in [0.25, 0.3) is 0 Å². The average Bonchev–Trinajstić information content (AvgIpc) is 2.88. The maximum atomic E-state index is 8.94. The Labute approximate surface area is 113 Å². The molecule has 0 spiro atoms. The summed E-state index contributed by atoms with van der Waals surface area (Å²) in [4.78, 5) is 0. The van der Waals surface area contributed by atoms with E-state index in [2.05, 4.69) is 11.6 Å². The van der Waals surface area contributed by atoms with Crippen molar-refractivity contribution in [2.24, 2.45) is 0 Å². The summed E-state index contributed by atoms with van der Waals surface area (Å²) in [6.07, 6.45) is 8.97. The minimum Gasteiger partial charge on any atom is -0.462 e. The van der Waals surface area contributed by atoms with Gasteiger partial charge in [0.15, 0.2) is 0 Å². The topological polar surface area (TPSA) is 45.4 Å². The largest absolute Gasteiger partial charge is 0.462 e. The van der Waals surface area contributed by atoms with Gasteiger partial charge in [-0.05, 0) is 31.2 Å². The van der Waals surface area contributed by atoms with Crippen LogP contribution in [0.4, 0.5) is 0 Å². The first-order chi connectivity index (χ1) is 8.78. The molecule has 1 aromatic rings. The number of hydrogen-bond donors (Lipinski definition) is 2. The van der Waals surface area contributed by atoms with Crippen molar-refractivity contribution >= 4 is 11.8 Å². The highest BCUT2D eigenvalue weighted by molar-refractivity contribution is 8.00. The van der Waals surface area contributed by atoms with Gasteiger partial charge in [-0.2, -0.15) is 11.8 Å². The Morgan fingerprint density at radius 1 is 1.28 bits per heavy atom. The molecule has 0 saturated heterocycles. The second kappa shape index (κ2) is 6.64. The van der Waals surface area contributed by atoms with Gasteiger partial charge in [0.2, 0.25) is 0 Å². The van der Waals surface area contributed by atoms with Crippen LogP contribution in [0.2, 0.25) is 0 Å². The molecule has 0 aromatic carbocycles. The van der Waals surface area contributed by atoms with Crippen molar-refractivity contribution in [1.82, 2.24) is 5.32 Å². The molecule has 0 radical (unpaired) electrons. The zero-order valence-electron chi connectivity index (χ0n) is 11.1. The van der Waals surface area contributed by atoms with E-state index < -0.39 is 0 Å². The molecular formula is C14H23NO2S. The van der Waals surface area contributed by atoms with Crippen LogP contribution >= 0.6 is 11.8 Å². The average molecular weight is 269 g/mol. The van der Waals surface area contributed by atoms with Gasteiger partial charge in [0, 0.05) is 11.3 Å². The maximum absolute atomic E-state index is 8.94. The molecule has 0 atom stereocenters. The van der Waals surface area contributed by atoms with E-state index in [1.807, 2.05) is 23.9 Å². The van der Waals surface area contributed by atoms with Gasteiger partial charge in [-0.3, -0.25) is 0 Å². The maximum Gasteiger partial charge on any atom is 0.129 e. The van der Waals surface area contributed by atoms with Gasteiger partial charge >= 0.3 is 0 Å². The summed E-state index contributed by atoms with van der Waals surface area (Å²) in [7, 11) is 0. The molecule has 1 aromatic heterocycles. The third kappa shape index (κ3) is 3.53. The van der Waals surface area contributed by atoms with E-state index in [9.17, 15) is 0 Å². The van der Waals surface area contributed by atoms with E-state index in [0.717, 1.165) is 18.8 Å². The summed E-state index contributed by atoms with van der Waals surface area (Å²) in [5.41, 5.74) is 0. The first kappa shape index (κ1) is 14.0. The Hall–Kier alpha value is -0.450. The lowest BCUT2D eigenvalue weighted by Crippen LogP contribution is -2.39. The number of hydrogen-bond acceptors (Lipinski definition) is 4. The standard InChI is InChI=1S/C14H23NO2S/c1-18-14(7-3-2-4-8-14)11-15-9-12-5-6-13(10-16)17-12/h5-6,15-16H,2-4,7-11H2,1H3. The van der Waals surface area contributed by atoms with E-state index in [-0.39, 0.29) is 6.61 Å². The fraction of sp³-hybridized carbons (Fsp3) is 0.714. The van der Waals surface area contributed by atoms with Crippen molar-refractivity contribution in [3.05, 3.63) is 23.7 Å². The quantitative estimate of drug-likeness (QED) is 0.833. The molecule has 0 unspecified atom stereocenters. The van der Waals surface area contributed by atoms with Crippen molar-refractivity contribution in [2.45, 2.75) is 50.0 Å². The molecule has 102 valence electrons. The van der Waals surface area contributed by atoms with Crippen LogP contribution in [-0.4, -0.2) is 22.7 Å². The lowest BCUT2D eigenvalue weighted by atomic mass is 9.88. The summed E-state index contributed by atoms with van der Waals surface area (Å²) >= 11 is 2.00. The van der Waals surface area contributed by atoms with Gasteiger partial charge in [-0.15, -0.1) is 0 Å². The minimum absolute atomic E-state index is 0.0191. The highest BCUT2D eigenvalue weighted by Crippen LogP contribution is 2.37. The molecule has 1 fully saturated rings.